The van der Waals surface area contributed by atoms with Gasteiger partial charge in [0.2, 0.25) is 5.91 Å². The lowest BCUT2D eigenvalue weighted by atomic mass is 9.95. The van der Waals surface area contributed by atoms with Crippen molar-refractivity contribution in [2.24, 2.45) is 5.92 Å². The predicted octanol–water partition coefficient (Wildman–Crippen LogP) is 1.65. The van der Waals surface area contributed by atoms with Gasteiger partial charge in [-0.25, -0.2) is 0 Å². The molecule has 2 aliphatic heterocycles. The topological polar surface area (TPSA) is 63.7 Å². The summed E-state index contributed by atoms with van der Waals surface area (Å²) in [4.78, 5) is 18.8. The summed E-state index contributed by atoms with van der Waals surface area (Å²) in [6, 6.07) is 12.1. The fourth-order valence-electron chi connectivity index (χ4n) is 3.75. The molecular weight excluding hydrogens is 342 g/mol. The third-order valence-electron chi connectivity index (χ3n) is 5.19. The Morgan fingerprint density at radius 2 is 2.04 bits per heavy atom. The standard InChI is InChI=1S/C21H25N3O3/c25-21(13-24-9-10-27-20-4-2-1-3-17(20)12-24)23-19-15-26-14-18(19)11-16-5-7-22-8-6-16/h1-8,18-19H,9-15H2,(H,23,25)/t18-,19+/m1/s1. The van der Waals surface area contributed by atoms with Gasteiger partial charge in [-0.2, -0.15) is 0 Å². The van der Waals surface area contributed by atoms with Gasteiger partial charge in [0.25, 0.3) is 0 Å². The molecule has 0 saturated carbocycles. The molecule has 0 radical (unpaired) electrons. The molecule has 2 aliphatic rings. The first kappa shape index (κ1) is 17.9. The molecule has 0 spiro atoms. The average molecular weight is 367 g/mol. The predicted molar refractivity (Wildman–Crippen MR) is 101 cm³/mol. The average Bonchev–Trinajstić information content (AvgIpc) is 2.99. The van der Waals surface area contributed by atoms with Crippen LogP contribution in [0.15, 0.2) is 48.8 Å². The van der Waals surface area contributed by atoms with Crippen molar-refractivity contribution < 1.29 is 14.3 Å². The summed E-state index contributed by atoms with van der Waals surface area (Å²) < 4.78 is 11.4. The van der Waals surface area contributed by atoms with Crippen LogP contribution in [-0.2, 0) is 22.5 Å². The van der Waals surface area contributed by atoms with Gasteiger partial charge in [0, 0.05) is 37.0 Å². The number of nitrogens with zero attached hydrogens (tertiary/aromatic N) is 2. The van der Waals surface area contributed by atoms with Crippen molar-refractivity contribution in [1.82, 2.24) is 15.2 Å². The Kier molecular flexibility index (Phi) is 5.65. The first-order valence-corrected chi connectivity index (χ1v) is 9.47. The summed E-state index contributed by atoms with van der Waals surface area (Å²) in [5.74, 6) is 1.26. The second kappa shape index (κ2) is 8.50. The highest BCUT2D eigenvalue weighted by atomic mass is 16.5. The van der Waals surface area contributed by atoms with Crippen LogP contribution in [-0.4, -0.2) is 54.7 Å². The summed E-state index contributed by atoms with van der Waals surface area (Å²) in [6.45, 7) is 3.69. The number of carbonyl (C=O) groups excluding carboxylic acids is 1. The van der Waals surface area contributed by atoms with Crippen LogP contribution in [0.4, 0.5) is 0 Å². The van der Waals surface area contributed by atoms with Crippen LogP contribution in [0.2, 0.25) is 0 Å². The molecule has 6 nitrogen and oxygen atoms in total. The minimum atomic E-state index is 0.0459. The number of amides is 1. The molecule has 1 N–H and O–H groups in total. The lowest BCUT2D eigenvalue weighted by Crippen LogP contribution is -2.45. The molecule has 2 atom stereocenters. The first-order valence-electron chi connectivity index (χ1n) is 9.47. The maximum Gasteiger partial charge on any atom is 0.234 e. The minimum Gasteiger partial charge on any atom is -0.492 e. The summed E-state index contributed by atoms with van der Waals surface area (Å²) in [7, 11) is 0. The van der Waals surface area contributed by atoms with Gasteiger partial charge in [0.15, 0.2) is 0 Å². The van der Waals surface area contributed by atoms with Crippen molar-refractivity contribution in [2.45, 2.75) is 19.0 Å². The molecule has 1 saturated heterocycles. The van der Waals surface area contributed by atoms with Crippen molar-refractivity contribution in [1.29, 1.82) is 0 Å². The van der Waals surface area contributed by atoms with Gasteiger partial charge in [0.05, 0.1) is 25.8 Å². The number of nitrogens with one attached hydrogen (secondary N) is 1. The lowest BCUT2D eigenvalue weighted by Gasteiger charge is -2.23. The fraction of sp³-hybridized carbons (Fsp3) is 0.429. The molecule has 0 aliphatic carbocycles. The third kappa shape index (κ3) is 4.64. The lowest BCUT2D eigenvalue weighted by molar-refractivity contribution is -0.123. The van der Waals surface area contributed by atoms with Crippen LogP contribution in [0, 0.1) is 5.92 Å². The van der Waals surface area contributed by atoms with Crippen molar-refractivity contribution in [3.63, 3.8) is 0 Å². The normalized spacial score (nSPS) is 22.5. The van der Waals surface area contributed by atoms with Gasteiger partial charge in [-0.3, -0.25) is 14.7 Å². The Morgan fingerprint density at radius 1 is 1.19 bits per heavy atom. The van der Waals surface area contributed by atoms with Gasteiger partial charge in [0.1, 0.15) is 12.4 Å². The van der Waals surface area contributed by atoms with E-state index in [2.05, 4.69) is 21.3 Å². The number of hydrogen-bond donors (Lipinski definition) is 1. The van der Waals surface area contributed by atoms with Gasteiger partial charge in [-0.15, -0.1) is 0 Å². The van der Waals surface area contributed by atoms with E-state index >= 15 is 0 Å². The molecule has 1 amide bonds. The van der Waals surface area contributed by atoms with Gasteiger partial charge in [-0.05, 0) is 30.2 Å². The summed E-state index contributed by atoms with van der Waals surface area (Å²) >= 11 is 0. The number of ether oxygens (including phenoxy) is 2. The zero-order chi connectivity index (χ0) is 18.5. The van der Waals surface area contributed by atoms with Crippen molar-refractivity contribution >= 4 is 5.91 Å². The van der Waals surface area contributed by atoms with E-state index in [-0.39, 0.29) is 11.9 Å². The molecule has 0 bridgehead atoms. The molecular formula is C21H25N3O3. The molecule has 2 aromatic rings. The van der Waals surface area contributed by atoms with E-state index in [1.165, 1.54) is 5.56 Å². The first-order chi connectivity index (χ1) is 13.3. The zero-order valence-corrected chi connectivity index (χ0v) is 15.3. The van der Waals surface area contributed by atoms with Gasteiger partial charge < -0.3 is 14.8 Å². The zero-order valence-electron chi connectivity index (χ0n) is 15.3. The van der Waals surface area contributed by atoms with Crippen LogP contribution in [0.25, 0.3) is 0 Å². The Labute approximate surface area is 159 Å². The summed E-state index contributed by atoms with van der Waals surface area (Å²) in [5, 5.41) is 3.18. The van der Waals surface area contributed by atoms with E-state index in [0.717, 1.165) is 30.8 Å². The molecule has 142 valence electrons. The van der Waals surface area contributed by atoms with E-state index in [9.17, 15) is 4.79 Å². The Hall–Kier alpha value is -2.44. The van der Waals surface area contributed by atoms with Gasteiger partial charge in [-0.1, -0.05) is 18.2 Å². The second-order valence-electron chi connectivity index (χ2n) is 7.20. The Balaban J connectivity index is 1.32. The molecule has 3 heterocycles. The van der Waals surface area contributed by atoms with Crippen LogP contribution < -0.4 is 10.1 Å². The van der Waals surface area contributed by atoms with E-state index < -0.39 is 0 Å². The van der Waals surface area contributed by atoms with Crippen molar-refractivity contribution in [3.8, 4) is 5.75 Å². The molecule has 0 unspecified atom stereocenters. The molecule has 1 fully saturated rings. The maximum absolute atomic E-state index is 12.6. The van der Waals surface area contributed by atoms with Crippen molar-refractivity contribution in [3.05, 3.63) is 59.9 Å². The van der Waals surface area contributed by atoms with E-state index in [1.807, 2.05) is 30.3 Å². The molecule has 6 heteroatoms. The summed E-state index contributed by atoms with van der Waals surface area (Å²) in [6.07, 6.45) is 4.49. The molecule has 27 heavy (non-hydrogen) atoms. The number of aromatic nitrogens is 1. The molecule has 1 aromatic heterocycles. The highest BCUT2D eigenvalue weighted by Crippen LogP contribution is 2.22. The van der Waals surface area contributed by atoms with E-state index in [1.54, 1.807) is 12.4 Å². The largest absolute Gasteiger partial charge is 0.492 e. The molecule has 1 aromatic carbocycles. The third-order valence-corrected chi connectivity index (χ3v) is 5.19. The number of fused-ring (bicyclic) bond motifs is 1. The highest BCUT2D eigenvalue weighted by Gasteiger charge is 2.30. The maximum atomic E-state index is 12.6. The number of pyridine rings is 1. The molecule has 4 rings (SSSR count). The minimum absolute atomic E-state index is 0.0459. The number of para-hydroxylation sites is 1. The quantitative estimate of drug-likeness (QED) is 0.871. The number of carbonyl (C=O) groups is 1. The smallest absolute Gasteiger partial charge is 0.234 e. The SMILES string of the molecule is O=C(CN1CCOc2ccccc2C1)N[C@H]1COC[C@H]1Cc1ccncc1. The van der Waals surface area contributed by atoms with Crippen LogP contribution in [0.5, 0.6) is 5.75 Å². The Bertz CT molecular complexity index is 768. The van der Waals surface area contributed by atoms with Crippen LogP contribution in [0.3, 0.4) is 0 Å². The number of rotatable bonds is 5. The summed E-state index contributed by atoms with van der Waals surface area (Å²) in [5.41, 5.74) is 2.35. The van der Waals surface area contributed by atoms with Gasteiger partial charge >= 0.3 is 0 Å². The second-order valence-corrected chi connectivity index (χ2v) is 7.20. The fourth-order valence-corrected chi connectivity index (χ4v) is 3.75. The van der Waals surface area contributed by atoms with E-state index in [0.29, 0.717) is 32.3 Å². The number of benzene rings is 1. The van der Waals surface area contributed by atoms with Crippen molar-refractivity contribution in [2.75, 3.05) is 32.9 Å². The number of hydrogen-bond acceptors (Lipinski definition) is 5. The van der Waals surface area contributed by atoms with E-state index in [4.69, 9.17) is 9.47 Å². The van der Waals surface area contributed by atoms with Crippen LogP contribution in [0.1, 0.15) is 11.1 Å². The monoisotopic (exact) mass is 367 g/mol. The highest BCUT2D eigenvalue weighted by molar-refractivity contribution is 5.78. The van der Waals surface area contributed by atoms with Crippen LogP contribution >= 0.6 is 0 Å². The Morgan fingerprint density at radius 3 is 2.93 bits per heavy atom.